The molecule has 0 unspecified atom stereocenters. The van der Waals surface area contributed by atoms with Crippen molar-refractivity contribution < 1.29 is 24.6 Å². The second kappa shape index (κ2) is 11.7. The lowest BCUT2D eigenvalue weighted by atomic mass is 10.1. The van der Waals surface area contributed by atoms with E-state index in [0.717, 1.165) is 5.69 Å². The fraction of sp³-hybridized carbons (Fsp3) is 0.250. The molecule has 0 saturated carbocycles. The van der Waals surface area contributed by atoms with Gasteiger partial charge >= 0.3 is 5.97 Å². The quantitative estimate of drug-likeness (QED) is 0.232. The van der Waals surface area contributed by atoms with Gasteiger partial charge in [-0.1, -0.05) is 0 Å². The largest absolute Gasteiger partial charge is 0.483 e. The molecule has 1 amide bonds. The number of benzene rings is 1. The van der Waals surface area contributed by atoms with E-state index in [2.05, 4.69) is 25.3 Å². The molecule has 0 spiro atoms. The number of nitrogen functional groups attached to an aromatic ring is 2. The number of aromatic nitrogens is 4. The summed E-state index contributed by atoms with van der Waals surface area (Å²) in [6, 6.07) is 7.05. The van der Waals surface area contributed by atoms with Gasteiger partial charge in [-0.05, 0) is 30.7 Å². The number of fused-ring (bicyclic) bond motifs is 1. The average Bonchev–Trinajstić information content (AvgIpc) is 2.77. The Morgan fingerprint density at radius 1 is 1.15 bits per heavy atom. The van der Waals surface area contributed by atoms with Crippen molar-refractivity contribution in [1.29, 1.82) is 0 Å². The monoisotopic (exact) mass is 456 g/mol. The number of hydrogen-bond donors (Lipinski definition) is 5. The van der Waals surface area contributed by atoms with E-state index in [-0.39, 0.29) is 30.6 Å². The zero-order chi connectivity index (χ0) is 24.4. The highest BCUT2D eigenvalue weighted by molar-refractivity contribution is 5.94. The van der Waals surface area contributed by atoms with E-state index in [1.807, 2.05) is 24.1 Å². The molecule has 13 nitrogen and oxygen atoms in total. The van der Waals surface area contributed by atoms with Crippen molar-refractivity contribution in [2.45, 2.75) is 19.4 Å². The summed E-state index contributed by atoms with van der Waals surface area (Å²) in [6.07, 6.45) is 2.01. The number of aliphatic carboxylic acids is 1. The van der Waals surface area contributed by atoms with E-state index in [0.29, 0.717) is 41.9 Å². The highest BCUT2D eigenvalue weighted by Crippen LogP contribution is 2.18. The summed E-state index contributed by atoms with van der Waals surface area (Å²) in [7, 11) is 1.88. The number of nitrogens with two attached hydrogens (primary N) is 2. The number of carboxylic acid groups (broad SMARTS) is 2. The van der Waals surface area contributed by atoms with Crippen molar-refractivity contribution in [1.82, 2.24) is 25.3 Å². The molecule has 0 aliphatic heterocycles. The van der Waals surface area contributed by atoms with Crippen LogP contribution in [-0.4, -0.2) is 62.1 Å². The van der Waals surface area contributed by atoms with Crippen LogP contribution in [0.2, 0.25) is 0 Å². The van der Waals surface area contributed by atoms with Crippen LogP contribution in [0, 0.1) is 0 Å². The van der Waals surface area contributed by atoms with Gasteiger partial charge in [0.1, 0.15) is 0 Å². The molecule has 174 valence electrons. The van der Waals surface area contributed by atoms with Crippen LogP contribution in [0.25, 0.3) is 11.2 Å². The number of rotatable bonds is 8. The molecule has 0 fully saturated rings. The molecule has 0 aliphatic carbocycles. The molecule has 13 heteroatoms. The fourth-order valence-electron chi connectivity index (χ4n) is 2.80. The van der Waals surface area contributed by atoms with Gasteiger partial charge in [-0.15, -0.1) is 0 Å². The molecular formula is C20H24N8O5. The summed E-state index contributed by atoms with van der Waals surface area (Å²) in [6.45, 7) is 0.513. The van der Waals surface area contributed by atoms with Gasteiger partial charge in [-0.3, -0.25) is 14.4 Å². The Kier molecular flexibility index (Phi) is 8.79. The van der Waals surface area contributed by atoms with Crippen LogP contribution in [0.5, 0.6) is 0 Å². The molecule has 0 bridgehead atoms. The molecule has 3 aromatic rings. The molecule has 1 aromatic carbocycles. The molecule has 2 aromatic heterocycles. The van der Waals surface area contributed by atoms with Crippen molar-refractivity contribution in [3.05, 3.63) is 41.7 Å². The van der Waals surface area contributed by atoms with Crippen LogP contribution < -0.4 is 21.7 Å². The van der Waals surface area contributed by atoms with Crippen LogP contribution in [-0.2, 0) is 16.1 Å². The van der Waals surface area contributed by atoms with Gasteiger partial charge in [-0.2, -0.15) is 9.97 Å². The number of anilines is 3. The third kappa shape index (κ3) is 7.27. The molecule has 2 heterocycles. The number of nitrogens with zero attached hydrogens (tertiary/aromatic N) is 5. The van der Waals surface area contributed by atoms with Gasteiger partial charge in [0, 0.05) is 31.3 Å². The zero-order valence-electron chi connectivity index (χ0n) is 17.8. The van der Waals surface area contributed by atoms with E-state index in [1.54, 1.807) is 18.3 Å². The predicted molar refractivity (Wildman–Crippen MR) is 120 cm³/mol. The molecular weight excluding hydrogens is 432 g/mol. The van der Waals surface area contributed by atoms with Crippen LogP contribution in [0.1, 0.15) is 28.9 Å². The topological polar surface area (TPSA) is 211 Å². The minimum Gasteiger partial charge on any atom is -0.483 e. The Balaban J connectivity index is 0.00000122. The first-order valence-corrected chi connectivity index (χ1v) is 9.68. The van der Waals surface area contributed by atoms with E-state index in [9.17, 15) is 9.59 Å². The van der Waals surface area contributed by atoms with Crippen molar-refractivity contribution in [2.24, 2.45) is 0 Å². The van der Waals surface area contributed by atoms with Gasteiger partial charge in [0.2, 0.25) is 5.95 Å². The Labute approximate surface area is 188 Å². The number of hydrogen-bond acceptors (Lipinski definition) is 10. The molecule has 0 aliphatic rings. The third-order valence-electron chi connectivity index (χ3n) is 4.32. The Morgan fingerprint density at radius 3 is 2.45 bits per heavy atom. The number of carboxylic acids is 1. The van der Waals surface area contributed by atoms with Crippen molar-refractivity contribution in [2.75, 3.05) is 30.0 Å². The molecule has 7 N–H and O–H groups in total. The highest BCUT2D eigenvalue weighted by atomic mass is 16.4. The Bertz CT molecular complexity index is 1120. The second-order valence-corrected chi connectivity index (χ2v) is 6.76. The van der Waals surface area contributed by atoms with E-state index >= 15 is 0 Å². The van der Waals surface area contributed by atoms with Gasteiger partial charge in [0.25, 0.3) is 12.4 Å². The van der Waals surface area contributed by atoms with E-state index in [4.69, 9.17) is 26.5 Å². The molecule has 33 heavy (non-hydrogen) atoms. The van der Waals surface area contributed by atoms with Crippen LogP contribution >= 0.6 is 0 Å². The predicted octanol–water partition coefficient (Wildman–Crippen LogP) is 0.516. The maximum atomic E-state index is 12.1. The summed E-state index contributed by atoms with van der Waals surface area (Å²) in [5.41, 5.74) is 14.2. The smallest absolute Gasteiger partial charge is 0.303 e. The Hall–Kier alpha value is -4.55. The minimum atomic E-state index is -0.882. The van der Waals surface area contributed by atoms with Crippen molar-refractivity contribution in [3.8, 4) is 0 Å². The lowest BCUT2D eigenvalue weighted by Crippen LogP contribution is -2.25. The van der Waals surface area contributed by atoms with E-state index < -0.39 is 5.97 Å². The first-order valence-electron chi connectivity index (χ1n) is 9.68. The minimum absolute atomic E-state index is 0.0207. The van der Waals surface area contributed by atoms with Crippen LogP contribution in [0.15, 0.2) is 30.5 Å². The van der Waals surface area contributed by atoms with Gasteiger partial charge < -0.3 is 31.9 Å². The summed E-state index contributed by atoms with van der Waals surface area (Å²) < 4.78 is 0. The number of nitrogens with one attached hydrogen (secondary N) is 1. The zero-order valence-corrected chi connectivity index (χ0v) is 17.8. The maximum Gasteiger partial charge on any atom is 0.303 e. The summed E-state index contributed by atoms with van der Waals surface area (Å²) in [5.74, 6) is -0.907. The third-order valence-corrected chi connectivity index (χ3v) is 4.32. The number of carbonyl (C=O) groups is 3. The van der Waals surface area contributed by atoms with Crippen molar-refractivity contribution >= 4 is 47.0 Å². The maximum absolute atomic E-state index is 12.1. The van der Waals surface area contributed by atoms with Crippen LogP contribution in [0.3, 0.4) is 0 Å². The molecule has 0 saturated heterocycles. The summed E-state index contributed by atoms with van der Waals surface area (Å²) in [4.78, 5) is 49.5. The molecule has 3 rings (SSSR count). The number of amides is 1. The lowest BCUT2D eigenvalue weighted by molar-refractivity contribution is -0.137. The lowest BCUT2D eigenvalue weighted by Gasteiger charge is -2.19. The normalized spacial score (nSPS) is 10.1. The summed E-state index contributed by atoms with van der Waals surface area (Å²) >= 11 is 0. The summed E-state index contributed by atoms with van der Waals surface area (Å²) in [5, 5.41) is 18.2. The van der Waals surface area contributed by atoms with Crippen molar-refractivity contribution in [3.63, 3.8) is 0 Å². The van der Waals surface area contributed by atoms with Crippen LogP contribution in [0.4, 0.5) is 17.5 Å². The first-order chi connectivity index (χ1) is 15.7. The van der Waals surface area contributed by atoms with Gasteiger partial charge in [0.05, 0.1) is 18.4 Å². The molecule has 0 radical (unpaired) electrons. The van der Waals surface area contributed by atoms with Gasteiger partial charge in [-0.25, -0.2) is 9.97 Å². The average molecular weight is 456 g/mol. The Morgan fingerprint density at radius 2 is 1.82 bits per heavy atom. The second-order valence-electron chi connectivity index (χ2n) is 6.76. The first kappa shape index (κ1) is 24.7. The van der Waals surface area contributed by atoms with E-state index in [1.165, 1.54) is 0 Å². The van der Waals surface area contributed by atoms with Gasteiger partial charge in [0.15, 0.2) is 17.0 Å². The highest BCUT2D eigenvalue weighted by Gasteiger charge is 2.11. The number of carbonyl (C=O) groups excluding carboxylic acids is 1. The SMILES string of the molecule is CN(Cc1cnc2nc(N)nc(N)c2n1)c1ccc(C(=O)NCCCC(=O)O)cc1.O=CO. The standard InChI is InChI=1S/C19H22N8O3.CH2O2/c1-27(10-12-9-23-17-15(24-12)16(20)25-19(21)26-17)13-6-4-11(5-7-13)18(30)22-8-2-3-14(28)29;2-1-3/h4-7,9H,2-3,8,10H2,1H3,(H,22,30)(H,28,29)(H4,20,21,23,25,26);1H,(H,2,3). The fourth-order valence-corrected chi connectivity index (χ4v) is 2.80. The molecule has 0 atom stereocenters.